The summed E-state index contributed by atoms with van der Waals surface area (Å²) in [5, 5.41) is 9.64. The molecule has 0 aliphatic heterocycles. The molecular weight excluding hydrogens is 224 g/mol. The Hall–Kier alpha value is -0.530. The van der Waals surface area contributed by atoms with Crippen molar-refractivity contribution < 1.29 is 9.90 Å². The van der Waals surface area contributed by atoms with Gasteiger partial charge in [0, 0.05) is 0 Å². The predicted molar refractivity (Wildman–Crippen MR) is 73.5 cm³/mol. The number of hydrogen-bond acceptors (Lipinski definition) is 1. The van der Waals surface area contributed by atoms with E-state index in [4.69, 9.17) is 0 Å². The molecule has 2 aliphatic rings. The number of carbonyl (C=O) groups is 1. The molecule has 2 unspecified atom stereocenters. The normalized spacial score (nSPS) is 34.4. The zero-order valence-corrected chi connectivity index (χ0v) is 11.8. The second-order valence-corrected chi connectivity index (χ2v) is 6.83. The van der Waals surface area contributed by atoms with Crippen LogP contribution in [0.2, 0.25) is 0 Å². The first-order chi connectivity index (χ1) is 8.62. The fraction of sp³-hybridized carbons (Fsp3) is 0.938. The molecule has 0 aromatic carbocycles. The summed E-state index contributed by atoms with van der Waals surface area (Å²) in [5.41, 5.74) is -0.380. The van der Waals surface area contributed by atoms with Gasteiger partial charge in [-0.1, -0.05) is 51.9 Å². The molecule has 2 aliphatic carbocycles. The molecule has 0 aromatic heterocycles. The van der Waals surface area contributed by atoms with Crippen LogP contribution in [0.15, 0.2) is 0 Å². The lowest BCUT2D eigenvalue weighted by atomic mass is 9.66. The summed E-state index contributed by atoms with van der Waals surface area (Å²) in [7, 11) is 0. The fourth-order valence-corrected chi connectivity index (χ4v) is 4.14. The minimum Gasteiger partial charge on any atom is -0.481 e. The highest BCUT2D eigenvalue weighted by Crippen LogP contribution is 2.44. The van der Waals surface area contributed by atoms with E-state index in [1.165, 1.54) is 38.5 Å². The van der Waals surface area contributed by atoms with Crippen LogP contribution < -0.4 is 0 Å². The Morgan fingerprint density at radius 2 is 1.89 bits per heavy atom. The fourth-order valence-electron chi connectivity index (χ4n) is 4.14. The third-order valence-electron chi connectivity index (χ3n) is 5.30. The second kappa shape index (κ2) is 6.08. The Balaban J connectivity index is 1.91. The van der Waals surface area contributed by atoms with E-state index < -0.39 is 5.97 Å². The molecule has 0 saturated heterocycles. The number of carboxylic acid groups (broad SMARTS) is 1. The first kappa shape index (κ1) is 13.9. The van der Waals surface area contributed by atoms with Gasteiger partial charge in [0.05, 0.1) is 5.41 Å². The van der Waals surface area contributed by atoms with E-state index in [1.807, 2.05) is 0 Å². The molecule has 2 fully saturated rings. The van der Waals surface area contributed by atoms with Gasteiger partial charge >= 0.3 is 5.97 Å². The van der Waals surface area contributed by atoms with Crippen molar-refractivity contribution in [1.82, 2.24) is 0 Å². The Morgan fingerprint density at radius 1 is 1.17 bits per heavy atom. The van der Waals surface area contributed by atoms with Gasteiger partial charge in [0.15, 0.2) is 0 Å². The van der Waals surface area contributed by atoms with E-state index in [-0.39, 0.29) is 5.41 Å². The average Bonchev–Trinajstić information content (AvgIpc) is 2.37. The van der Waals surface area contributed by atoms with Crippen molar-refractivity contribution in [2.24, 2.45) is 17.3 Å². The Morgan fingerprint density at radius 3 is 2.50 bits per heavy atom. The minimum absolute atomic E-state index is 0.380. The molecular formula is C16H28O2. The van der Waals surface area contributed by atoms with Crippen molar-refractivity contribution in [3.05, 3.63) is 0 Å². The monoisotopic (exact) mass is 252 g/mol. The summed E-state index contributed by atoms with van der Waals surface area (Å²) in [6.07, 6.45) is 13.0. The summed E-state index contributed by atoms with van der Waals surface area (Å²) in [6.45, 7) is 2.22. The molecule has 2 nitrogen and oxygen atoms in total. The van der Waals surface area contributed by atoms with Crippen molar-refractivity contribution in [2.45, 2.75) is 77.6 Å². The lowest BCUT2D eigenvalue weighted by Gasteiger charge is -2.37. The van der Waals surface area contributed by atoms with Crippen LogP contribution in [0, 0.1) is 17.3 Å². The Labute approximate surface area is 111 Å². The van der Waals surface area contributed by atoms with Gasteiger partial charge in [-0.3, -0.25) is 4.79 Å². The van der Waals surface area contributed by atoms with Crippen LogP contribution in [0.25, 0.3) is 0 Å². The standard InChI is InChI=1S/C16H28O2/c1-13-6-5-10-16(12-13,15(17)18)11-9-14-7-3-2-4-8-14/h13-14H,2-12H2,1H3,(H,17,18). The smallest absolute Gasteiger partial charge is 0.309 e. The molecule has 1 N–H and O–H groups in total. The summed E-state index contributed by atoms with van der Waals surface area (Å²) in [5.74, 6) is 0.887. The van der Waals surface area contributed by atoms with Gasteiger partial charge < -0.3 is 5.11 Å². The van der Waals surface area contributed by atoms with Crippen molar-refractivity contribution in [1.29, 1.82) is 0 Å². The lowest BCUT2D eigenvalue weighted by molar-refractivity contribution is -0.153. The van der Waals surface area contributed by atoms with Gasteiger partial charge in [-0.15, -0.1) is 0 Å². The maximum Gasteiger partial charge on any atom is 0.309 e. The van der Waals surface area contributed by atoms with E-state index in [0.717, 1.165) is 38.0 Å². The molecule has 0 aromatic rings. The Kier molecular flexibility index (Phi) is 4.69. The average molecular weight is 252 g/mol. The molecule has 104 valence electrons. The molecule has 0 heterocycles. The quantitative estimate of drug-likeness (QED) is 0.792. The molecule has 0 spiro atoms. The van der Waals surface area contributed by atoms with E-state index in [0.29, 0.717) is 5.92 Å². The summed E-state index contributed by atoms with van der Waals surface area (Å²) in [4.78, 5) is 11.7. The molecule has 0 bridgehead atoms. The van der Waals surface area contributed by atoms with E-state index in [1.54, 1.807) is 0 Å². The number of carboxylic acids is 1. The Bertz CT molecular complexity index is 281. The van der Waals surface area contributed by atoms with Crippen molar-refractivity contribution in [3.63, 3.8) is 0 Å². The van der Waals surface area contributed by atoms with Crippen molar-refractivity contribution >= 4 is 5.97 Å². The van der Waals surface area contributed by atoms with Crippen molar-refractivity contribution in [2.75, 3.05) is 0 Å². The number of aliphatic carboxylic acids is 1. The summed E-state index contributed by atoms with van der Waals surface area (Å²) in [6, 6.07) is 0. The summed E-state index contributed by atoms with van der Waals surface area (Å²) >= 11 is 0. The van der Waals surface area contributed by atoms with Gasteiger partial charge in [-0.25, -0.2) is 0 Å². The van der Waals surface area contributed by atoms with E-state index >= 15 is 0 Å². The topological polar surface area (TPSA) is 37.3 Å². The van der Waals surface area contributed by atoms with Crippen LogP contribution in [-0.2, 0) is 4.79 Å². The van der Waals surface area contributed by atoms with Crippen LogP contribution in [0.4, 0.5) is 0 Å². The SMILES string of the molecule is CC1CCCC(CCC2CCCCC2)(C(=O)O)C1. The second-order valence-electron chi connectivity index (χ2n) is 6.83. The maximum atomic E-state index is 11.7. The van der Waals surface area contributed by atoms with Crippen LogP contribution in [0.3, 0.4) is 0 Å². The third kappa shape index (κ3) is 3.27. The third-order valence-corrected chi connectivity index (χ3v) is 5.30. The van der Waals surface area contributed by atoms with Gasteiger partial charge in [-0.2, -0.15) is 0 Å². The van der Waals surface area contributed by atoms with E-state index in [2.05, 4.69) is 6.92 Å². The first-order valence-corrected chi connectivity index (χ1v) is 7.86. The van der Waals surface area contributed by atoms with Crippen LogP contribution in [0.5, 0.6) is 0 Å². The van der Waals surface area contributed by atoms with Gasteiger partial charge in [0.25, 0.3) is 0 Å². The lowest BCUT2D eigenvalue weighted by Crippen LogP contribution is -2.36. The number of hydrogen-bond donors (Lipinski definition) is 1. The number of rotatable bonds is 4. The van der Waals surface area contributed by atoms with Gasteiger partial charge in [-0.05, 0) is 37.5 Å². The highest BCUT2D eigenvalue weighted by molar-refractivity contribution is 5.74. The largest absolute Gasteiger partial charge is 0.481 e. The first-order valence-electron chi connectivity index (χ1n) is 7.86. The molecule has 2 heteroatoms. The maximum absolute atomic E-state index is 11.7. The highest BCUT2D eigenvalue weighted by Gasteiger charge is 2.41. The molecule has 18 heavy (non-hydrogen) atoms. The van der Waals surface area contributed by atoms with Crippen LogP contribution >= 0.6 is 0 Å². The van der Waals surface area contributed by atoms with Crippen molar-refractivity contribution in [3.8, 4) is 0 Å². The van der Waals surface area contributed by atoms with Crippen LogP contribution in [-0.4, -0.2) is 11.1 Å². The zero-order chi connectivity index (χ0) is 13.0. The molecule has 2 saturated carbocycles. The molecule has 2 atom stereocenters. The minimum atomic E-state index is -0.523. The van der Waals surface area contributed by atoms with E-state index in [9.17, 15) is 9.90 Å². The van der Waals surface area contributed by atoms with Gasteiger partial charge in [0.2, 0.25) is 0 Å². The zero-order valence-electron chi connectivity index (χ0n) is 11.8. The molecule has 0 amide bonds. The molecule has 0 radical (unpaired) electrons. The highest BCUT2D eigenvalue weighted by atomic mass is 16.4. The molecule has 2 rings (SSSR count). The predicted octanol–water partition coefficient (Wildman–Crippen LogP) is 4.63. The van der Waals surface area contributed by atoms with Crippen LogP contribution in [0.1, 0.15) is 77.6 Å². The van der Waals surface area contributed by atoms with Gasteiger partial charge in [0.1, 0.15) is 0 Å². The summed E-state index contributed by atoms with van der Waals surface area (Å²) < 4.78 is 0.